The van der Waals surface area contributed by atoms with Crippen LogP contribution in [0.2, 0.25) is 0 Å². The summed E-state index contributed by atoms with van der Waals surface area (Å²) in [6, 6.07) is 1.68. The predicted octanol–water partition coefficient (Wildman–Crippen LogP) is 2.35. The molecule has 2 heterocycles. The van der Waals surface area contributed by atoms with Gasteiger partial charge in [-0.25, -0.2) is 0 Å². The van der Waals surface area contributed by atoms with Crippen LogP contribution < -0.4 is 5.43 Å². The van der Waals surface area contributed by atoms with Crippen LogP contribution in [0.5, 0.6) is 0 Å². The van der Waals surface area contributed by atoms with Crippen molar-refractivity contribution >= 4 is 11.1 Å². The van der Waals surface area contributed by atoms with Gasteiger partial charge in [0.25, 0.3) is 0 Å². The summed E-state index contributed by atoms with van der Waals surface area (Å²) in [6.07, 6.45) is 4.12. The molecule has 4 heteroatoms. The molecule has 0 bridgehead atoms. The maximum absolute atomic E-state index is 12.0. The molecule has 0 radical (unpaired) electrons. The molecule has 16 heavy (non-hydrogen) atoms. The molecule has 0 amide bonds. The standard InChI is InChI=1S/C12H14N2O2/c1-2-3-8-6-9(15)10-11(7-4-5-7)14-16-12(10)13-8/h6-7H,2-5H2,1H3,(H,13,15). The van der Waals surface area contributed by atoms with Gasteiger partial charge in [-0.05, 0) is 19.3 Å². The SMILES string of the molecule is CCCc1cc(=O)c2c(C3CC3)noc2[nH]1. The van der Waals surface area contributed by atoms with Crippen molar-refractivity contribution in [1.29, 1.82) is 0 Å². The van der Waals surface area contributed by atoms with Gasteiger partial charge >= 0.3 is 0 Å². The highest BCUT2D eigenvalue weighted by atomic mass is 16.5. The van der Waals surface area contributed by atoms with Crippen LogP contribution in [0.4, 0.5) is 0 Å². The third-order valence-corrected chi connectivity index (χ3v) is 3.03. The monoisotopic (exact) mass is 218 g/mol. The van der Waals surface area contributed by atoms with Crippen LogP contribution in [0.3, 0.4) is 0 Å². The summed E-state index contributed by atoms with van der Waals surface area (Å²) >= 11 is 0. The Kier molecular flexibility index (Phi) is 2.09. The lowest BCUT2D eigenvalue weighted by atomic mass is 10.1. The molecule has 0 aliphatic heterocycles. The molecular weight excluding hydrogens is 204 g/mol. The molecule has 1 fully saturated rings. The minimum atomic E-state index is 0.0420. The van der Waals surface area contributed by atoms with Crippen LogP contribution in [-0.2, 0) is 6.42 Å². The van der Waals surface area contributed by atoms with Crippen molar-refractivity contribution < 1.29 is 4.52 Å². The van der Waals surface area contributed by atoms with Gasteiger partial charge < -0.3 is 9.51 Å². The lowest BCUT2D eigenvalue weighted by Gasteiger charge is -1.97. The van der Waals surface area contributed by atoms with Crippen molar-refractivity contribution in [2.24, 2.45) is 0 Å². The fourth-order valence-electron chi connectivity index (χ4n) is 2.08. The van der Waals surface area contributed by atoms with Crippen molar-refractivity contribution in [3.05, 3.63) is 27.7 Å². The number of hydrogen-bond donors (Lipinski definition) is 1. The van der Waals surface area contributed by atoms with Gasteiger partial charge in [-0.3, -0.25) is 4.79 Å². The number of aromatic amines is 1. The molecule has 1 aliphatic rings. The maximum Gasteiger partial charge on any atom is 0.240 e. The number of H-pyrrole nitrogens is 1. The predicted molar refractivity (Wildman–Crippen MR) is 60.6 cm³/mol. The van der Waals surface area contributed by atoms with Crippen LogP contribution >= 0.6 is 0 Å². The van der Waals surface area contributed by atoms with Gasteiger partial charge in [0.15, 0.2) is 5.43 Å². The average Bonchev–Trinajstić information content (AvgIpc) is 3.00. The summed E-state index contributed by atoms with van der Waals surface area (Å²) in [5.41, 5.74) is 2.36. The normalized spacial score (nSPS) is 15.8. The van der Waals surface area contributed by atoms with Crippen molar-refractivity contribution in [3.8, 4) is 0 Å². The number of rotatable bonds is 3. The lowest BCUT2D eigenvalue weighted by Crippen LogP contribution is -2.05. The number of aromatic nitrogens is 2. The number of hydrogen-bond acceptors (Lipinski definition) is 3. The smallest absolute Gasteiger partial charge is 0.240 e. The number of nitrogens with zero attached hydrogens (tertiary/aromatic N) is 1. The Morgan fingerprint density at radius 1 is 1.56 bits per heavy atom. The van der Waals surface area contributed by atoms with Crippen LogP contribution in [0, 0.1) is 0 Å². The quantitative estimate of drug-likeness (QED) is 0.860. The van der Waals surface area contributed by atoms with Crippen LogP contribution in [0.1, 0.15) is 43.5 Å². The molecule has 1 aliphatic carbocycles. The van der Waals surface area contributed by atoms with E-state index >= 15 is 0 Å². The maximum atomic E-state index is 12.0. The van der Waals surface area contributed by atoms with E-state index in [2.05, 4.69) is 17.1 Å². The molecule has 2 aromatic heterocycles. The molecule has 84 valence electrons. The van der Waals surface area contributed by atoms with Crippen LogP contribution in [0.25, 0.3) is 11.1 Å². The topological polar surface area (TPSA) is 58.9 Å². The fraction of sp³-hybridized carbons (Fsp3) is 0.500. The number of pyridine rings is 1. The van der Waals surface area contributed by atoms with Gasteiger partial charge in [0.1, 0.15) is 11.1 Å². The molecule has 3 rings (SSSR count). The Morgan fingerprint density at radius 3 is 3.06 bits per heavy atom. The summed E-state index contributed by atoms with van der Waals surface area (Å²) in [4.78, 5) is 15.1. The minimum absolute atomic E-state index is 0.0420. The largest absolute Gasteiger partial charge is 0.337 e. The van der Waals surface area contributed by atoms with Gasteiger partial charge in [0.2, 0.25) is 5.71 Å². The second-order valence-electron chi connectivity index (χ2n) is 4.46. The summed E-state index contributed by atoms with van der Waals surface area (Å²) in [7, 11) is 0. The van der Waals surface area contributed by atoms with Gasteiger partial charge in [0, 0.05) is 17.7 Å². The molecular formula is C12H14N2O2. The van der Waals surface area contributed by atoms with E-state index in [1.165, 1.54) is 0 Å². The molecule has 0 saturated heterocycles. The number of nitrogens with one attached hydrogen (secondary N) is 1. The van der Waals surface area contributed by atoms with Gasteiger partial charge in [-0.15, -0.1) is 0 Å². The number of aryl methyl sites for hydroxylation is 1. The van der Waals surface area contributed by atoms with E-state index in [1.54, 1.807) is 6.07 Å². The third-order valence-electron chi connectivity index (χ3n) is 3.03. The lowest BCUT2D eigenvalue weighted by molar-refractivity contribution is 0.438. The summed E-state index contributed by atoms with van der Waals surface area (Å²) in [5, 5.41) is 4.67. The van der Waals surface area contributed by atoms with Crippen LogP contribution in [-0.4, -0.2) is 10.1 Å². The Morgan fingerprint density at radius 2 is 2.38 bits per heavy atom. The summed E-state index contributed by atoms with van der Waals surface area (Å²) in [5.74, 6) is 0.444. The van der Waals surface area contributed by atoms with E-state index in [1.807, 2.05) is 0 Å². The van der Waals surface area contributed by atoms with Gasteiger partial charge in [-0.2, -0.15) is 0 Å². The first kappa shape index (κ1) is 9.63. The average molecular weight is 218 g/mol. The molecule has 4 nitrogen and oxygen atoms in total. The molecule has 1 saturated carbocycles. The highest BCUT2D eigenvalue weighted by Crippen LogP contribution is 2.41. The van der Waals surface area contributed by atoms with E-state index in [0.717, 1.165) is 37.1 Å². The summed E-state index contributed by atoms with van der Waals surface area (Å²) < 4.78 is 5.21. The Balaban J connectivity index is 2.18. The molecule has 0 spiro atoms. The Bertz CT molecular complexity index is 578. The molecule has 0 atom stereocenters. The Labute approximate surface area is 92.6 Å². The van der Waals surface area contributed by atoms with Gasteiger partial charge in [-0.1, -0.05) is 18.5 Å². The molecule has 0 unspecified atom stereocenters. The highest BCUT2D eigenvalue weighted by Gasteiger charge is 2.30. The number of fused-ring (bicyclic) bond motifs is 1. The first-order chi connectivity index (χ1) is 7.79. The van der Waals surface area contributed by atoms with Gasteiger partial charge in [0.05, 0.1) is 0 Å². The first-order valence-corrected chi connectivity index (χ1v) is 5.81. The fourth-order valence-corrected chi connectivity index (χ4v) is 2.08. The van der Waals surface area contributed by atoms with Crippen molar-refractivity contribution in [3.63, 3.8) is 0 Å². The van der Waals surface area contributed by atoms with Crippen molar-refractivity contribution in [2.45, 2.75) is 38.5 Å². The highest BCUT2D eigenvalue weighted by molar-refractivity contribution is 5.76. The first-order valence-electron chi connectivity index (χ1n) is 5.81. The van der Waals surface area contributed by atoms with E-state index in [9.17, 15) is 4.79 Å². The molecule has 0 aromatic carbocycles. The Hall–Kier alpha value is -1.58. The van der Waals surface area contributed by atoms with Crippen LogP contribution in [0.15, 0.2) is 15.4 Å². The minimum Gasteiger partial charge on any atom is -0.337 e. The molecule has 2 aromatic rings. The van der Waals surface area contributed by atoms with E-state index in [4.69, 9.17) is 4.52 Å². The zero-order valence-corrected chi connectivity index (χ0v) is 9.25. The zero-order valence-electron chi connectivity index (χ0n) is 9.25. The van der Waals surface area contributed by atoms with Crippen molar-refractivity contribution in [2.75, 3.05) is 0 Å². The van der Waals surface area contributed by atoms with E-state index < -0.39 is 0 Å². The van der Waals surface area contributed by atoms with E-state index in [-0.39, 0.29) is 5.43 Å². The van der Waals surface area contributed by atoms with E-state index in [0.29, 0.717) is 17.0 Å². The third kappa shape index (κ3) is 1.45. The second-order valence-corrected chi connectivity index (χ2v) is 4.46. The summed E-state index contributed by atoms with van der Waals surface area (Å²) in [6.45, 7) is 2.08. The van der Waals surface area contributed by atoms with Crippen molar-refractivity contribution in [1.82, 2.24) is 10.1 Å². The second kappa shape index (κ2) is 3.47. The molecule has 1 N–H and O–H groups in total. The zero-order chi connectivity index (χ0) is 11.1.